The van der Waals surface area contributed by atoms with Crippen molar-refractivity contribution >= 4 is 11.9 Å². The van der Waals surface area contributed by atoms with Crippen molar-refractivity contribution in [2.75, 3.05) is 13.7 Å². The van der Waals surface area contributed by atoms with Gasteiger partial charge in [0.2, 0.25) is 0 Å². The summed E-state index contributed by atoms with van der Waals surface area (Å²) in [6.07, 6.45) is 6.93. The second-order valence-electron chi connectivity index (χ2n) is 5.14. The first kappa shape index (κ1) is 13.1. The number of carbonyl (C=O) groups is 2. The molecule has 2 aliphatic rings. The number of ether oxygens (including phenoxy) is 2. The third-order valence-electron chi connectivity index (χ3n) is 4.19. The molecule has 3 unspecified atom stereocenters. The maximum Gasteiger partial charge on any atom is 0.312 e. The van der Waals surface area contributed by atoms with E-state index in [0.29, 0.717) is 18.9 Å². The van der Waals surface area contributed by atoms with Gasteiger partial charge >= 0.3 is 11.9 Å². The van der Waals surface area contributed by atoms with Crippen molar-refractivity contribution in [3.05, 3.63) is 12.2 Å². The first-order valence-corrected chi connectivity index (χ1v) is 6.54. The molecular formula is C14H20O4. The zero-order chi connectivity index (χ0) is 13.2. The Balaban J connectivity index is 2.11. The molecule has 4 heteroatoms. The van der Waals surface area contributed by atoms with Crippen LogP contribution in [0.5, 0.6) is 0 Å². The zero-order valence-electron chi connectivity index (χ0n) is 11.0. The van der Waals surface area contributed by atoms with E-state index in [9.17, 15) is 9.59 Å². The first-order valence-electron chi connectivity index (χ1n) is 6.54. The van der Waals surface area contributed by atoms with Gasteiger partial charge in [-0.25, -0.2) is 0 Å². The van der Waals surface area contributed by atoms with Gasteiger partial charge in [0.25, 0.3) is 0 Å². The predicted octanol–water partition coefficient (Wildman–Crippen LogP) is 2.09. The molecule has 18 heavy (non-hydrogen) atoms. The summed E-state index contributed by atoms with van der Waals surface area (Å²) in [5, 5.41) is 0. The molecule has 0 radical (unpaired) electrons. The molecule has 0 aromatic rings. The molecule has 0 heterocycles. The normalized spacial score (nSPS) is 32.6. The third kappa shape index (κ3) is 2.16. The fourth-order valence-corrected chi connectivity index (χ4v) is 3.28. The summed E-state index contributed by atoms with van der Waals surface area (Å²) in [4.78, 5) is 23.6. The molecule has 4 nitrogen and oxygen atoms in total. The fraction of sp³-hybridized carbons (Fsp3) is 0.714. The molecule has 0 aromatic heterocycles. The molecule has 3 atom stereocenters. The number of methoxy groups -OCH3 is 1. The van der Waals surface area contributed by atoms with E-state index in [1.807, 2.05) is 6.92 Å². The Labute approximate surface area is 107 Å². The van der Waals surface area contributed by atoms with Gasteiger partial charge in [0.05, 0.1) is 19.1 Å². The van der Waals surface area contributed by atoms with Crippen LogP contribution in [-0.2, 0) is 19.1 Å². The molecule has 2 rings (SSSR count). The van der Waals surface area contributed by atoms with Crippen LogP contribution in [0.2, 0.25) is 0 Å². The highest BCUT2D eigenvalue weighted by Crippen LogP contribution is 2.55. The summed E-state index contributed by atoms with van der Waals surface area (Å²) >= 11 is 0. The number of carbonyl (C=O) groups excluding carboxylic acids is 2. The topological polar surface area (TPSA) is 52.6 Å². The van der Waals surface area contributed by atoms with Gasteiger partial charge in [0.15, 0.2) is 0 Å². The fourth-order valence-electron chi connectivity index (χ4n) is 3.28. The molecule has 1 saturated carbocycles. The molecule has 2 aliphatic carbocycles. The highest BCUT2D eigenvalue weighted by Gasteiger charge is 2.54. The number of fused-ring (bicyclic) bond motifs is 2. The smallest absolute Gasteiger partial charge is 0.312 e. The van der Waals surface area contributed by atoms with E-state index in [1.54, 1.807) is 0 Å². The van der Waals surface area contributed by atoms with Gasteiger partial charge in [-0.05, 0) is 38.0 Å². The van der Waals surface area contributed by atoms with Crippen LogP contribution in [0.4, 0.5) is 0 Å². The summed E-state index contributed by atoms with van der Waals surface area (Å²) < 4.78 is 9.89. The van der Waals surface area contributed by atoms with Crippen molar-refractivity contribution in [1.82, 2.24) is 0 Å². The van der Waals surface area contributed by atoms with Gasteiger partial charge < -0.3 is 9.47 Å². The molecule has 0 N–H and O–H groups in total. The van der Waals surface area contributed by atoms with Crippen molar-refractivity contribution in [2.45, 2.75) is 32.6 Å². The van der Waals surface area contributed by atoms with Crippen LogP contribution < -0.4 is 0 Å². The van der Waals surface area contributed by atoms with Crippen molar-refractivity contribution in [3.8, 4) is 0 Å². The van der Waals surface area contributed by atoms with Crippen LogP contribution in [-0.4, -0.2) is 25.7 Å². The van der Waals surface area contributed by atoms with Crippen LogP contribution in [0.15, 0.2) is 12.2 Å². The summed E-state index contributed by atoms with van der Waals surface area (Å²) in [5.41, 5.74) is -0.496. The standard InChI is InChI=1S/C14H20O4/c1-3-18-13(16)14(7-6-12(15)17-2)9-10-4-5-11(14)8-10/h4-5,10-11H,3,6-9H2,1-2H3. The lowest BCUT2D eigenvalue weighted by Crippen LogP contribution is -2.37. The largest absolute Gasteiger partial charge is 0.469 e. The van der Waals surface area contributed by atoms with Crippen molar-refractivity contribution in [2.24, 2.45) is 17.3 Å². The van der Waals surface area contributed by atoms with Crippen molar-refractivity contribution < 1.29 is 19.1 Å². The number of hydrogen-bond donors (Lipinski definition) is 0. The average Bonchev–Trinajstić information content (AvgIpc) is 2.97. The van der Waals surface area contributed by atoms with E-state index in [4.69, 9.17) is 4.74 Å². The van der Waals surface area contributed by atoms with E-state index in [-0.39, 0.29) is 24.3 Å². The van der Waals surface area contributed by atoms with E-state index >= 15 is 0 Å². The minimum absolute atomic E-state index is 0.147. The van der Waals surface area contributed by atoms with E-state index in [0.717, 1.165) is 12.8 Å². The molecule has 0 aromatic carbocycles. The van der Waals surface area contributed by atoms with Crippen LogP contribution in [0, 0.1) is 17.3 Å². The van der Waals surface area contributed by atoms with Crippen molar-refractivity contribution in [3.63, 3.8) is 0 Å². The van der Waals surface area contributed by atoms with Crippen LogP contribution in [0.25, 0.3) is 0 Å². The number of allylic oxidation sites excluding steroid dienone is 2. The summed E-state index contributed by atoms with van der Waals surface area (Å²) in [7, 11) is 1.38. The molecule has 2 bridgehead atoms. The quantitative estimate of drug-likeness (QED) is 0.555. The van der Waals surface area contributed by atoms with Crippen LogP contribution >= 0.6 is 0 Å². The first-order chi connectivity index (χ1) is 8.62. The Hall–Kier alpha value is -1.32. The number of rotatable bonds is 5. The molecular weight excluding hydrogens is 232 g/mol. The molecule has 0 saturated heterocycles. The van der Waals surface area contributed by atoms with Gasteiger partial charge in [0.1, 0.15) is 0 Å². The Morgan fingerprint density at radius 2 is 2.17 bits per heavy atom. The molecule has 100 valence electrons. The summed E-state index contributed by atoms with van der Waals surface area (Å²) in [6, 6.07) is 0. The van der Waals surface area contributed by atoms with Gasteiger partial charge in [0, 0.05) is 6.42 Å². The summed E-state index contributed by atoms with van der Waals surface area (Å²) in [5.74, 6) is 0.291. The van der Waals surface area contributed by atoms with Gasteiger partial charge in [-0.2, -0.15) is 0 Å². The lowest BCUT2D eigenvalue weighted by molar-refractivity contribution is -0.158. The Kier molecular flexibility index (Phi) is 3.73. The Morgan fingerprint density at radius 3 is 2.67 bits per heavy atom. The minimum atomic E-state index is -0.496. The molecule has 0 amide bonds. The molecule has 0 spiro atoms. The number of esters is 2. The lowest BCUT2D eigenvalue weighted by Gasteiger charge is -2.32. The predicted molar refractivity (Wildman–Crippen MR) is 65.7 cm³/mol. The second kappa shape index (κ2) is 5.12. The van der Waals surface area contributed by atoms with E-state index in [1.165, 1.54) is 7.11 Å². The van der Waals surface area contributed by atoms with Crippen molar-refractivity contribution in [1.29, 1.82) is 0 Å². The lowest BCUT2D eigenvalue weighted by atomic mass is 9.72. The van der Waals surface area contributed by atoms with Gasteiger partial charge in [-0.3, -0.25) is 9.59 Å². The second-order valence-corrected chi connectivity index (χ2v) is 5.14. The zero-order valence-corrected chi connectivity index (χ0v) is 11.0. The highest BCUT2D eigenvalue weighted by atomic mass is 16.5. The third-order valence-corrected chi connectivity index (χ3v) is 4.19. The molecule has 1 fully saturated rings. The Morgan fingerprint density at radius 1 is 1.39 bits per heavy atom. The monoisotopic (exact) mass is 252 g/mol. The Bertz CT molecular complexity index is 374. The SMILES string of the molecule is CCOC(=O)C1(CCC(=O)OC)CC2C=CC1C2. The highest BCUT2D eigenvalue weighted by molar-refractivity contribution is 5.80. The number of hydrogen-bond acceptors (Lipinski definition) is 4. The van der Waals surface area contributed by atoms with Gasteiger partial charge in [-0.15, -0.1) is 0 Å². The maximum atomic E-state index is 12.2. The maximum absolute atomic E-state index is 12.2. The molecule has 0 aliphatic heterocycles. The van der Waals surface area contributed by atoms with E-state index < -0.39 is 5.41 Å². The van der Waals surface area contributed by atoms with Crippen LogP contribution in [0.1, 0.15) is 32.6 Å². The minimum Gasteiger partial charge on any atom is -0.469 e. The van der Waals surface area contributed by atoms with Gasteiger partial charge in [-0.1, -0.05) is 12.2 Å². The van der Waals surface area contributed by atoms with Crippen LogP contribution in [0.3, 0.4) is 0 Å². The van der Waals surface area contributed by atoms with E-state index in [2.05, 4.69) is 16.9 Å². The summed E-state index contributed by atoms with van der Waals surface area (Å²) in [6.45, 7) is 2.20. The average molecular weight is 252 g/mol.